The summed E-state index contributed by atoms with van der Waals surface area (Å²) in [5, 5.41) is 11.0. The van der Waals surface area contributed by atoms with E-state index in [-0.39, 0.29) is 5.17 Å². The molecule has 1 heterocycles. The van der Waals surface area contributed by atoms with Crippen LogP contribution in [0.1, 0.15) is 5.69 Å². The quantitative estimate of drug-likeness (QED) is 0.374. The molecule has 0 bridgehead atoms. The fourth-order valence-electron chi connectivity index (χ4n) is 0.571. The molecule has 0 atom stereocenters. The predicted molar refractivity (Wildman–Crippen MR) is 37.4 cm³/mol. The van der Waals surface area contributed by atoms with Crippen molar-refractivity contribution in [3.05, 3.63) is 18.2 Å². The first-order valence-corrected chi connectivity index (χ1v) is 2.97. The Morgan fingerprint density at radius 3 is 3.00 bits per heavy atom. The minimum Gasteiger partial charge on any atom is -0.410 e. The van der Waals surface area contributed by atoms with Gasteiger partial charge < -0.3 is 9.77 Å². The first-order valence-electron chi connectivity index (χ1n) is 2.60. The molecule has 0 amide bonds. The number of oxime groups is 1. The molecule has 0 spiro atoms. The highest BCUT2D eigenvalue weighted by atomic mass is 35.5. The van der Waals surface area contributed by atoms with Crippen molar-refractivity contribution in [2.24, 2.45) is 12.2 Å². The summed E-state index contributed by atoms with van der Waals surface area (Å²) in [7, 11) is 1.80. The van der Waals surface area contributed by atoms with Gasteiger partial charge in [-0.2, -0.15) is 0 Å². The van der Waals surface area contributed by atoms with Crippen LogP contribution in [0.4, 0.5) is 0 Å². The lowest BCUT2D eigenvalue weighted by Gasteiger charge is -1.84. The standard InChI is InChI=1S/C5H6ClN3O/c1-9-2-4(7-3-9)5(6)8-10/h2-3,10H,1H3. The molecular weight excluding hydrogens is 154 g/mol. The summed E-state index contributed by atoms with van der Waals surface area (Å²) < 4.78 is 1.71. The van der Waals surface area contributed by atoms with E-state index < -0.39 is 0 Å². The fourth-order valence-corrected chi connectivity index (χ4v) is 0.668. The lowest BCUT2D eigenvalue weighted by atomic mass is 10.5. The van der Waals surface area contributed by atoms with Crippen molar-refractivity contribution >= 4 is 16.8 Å². The highest BCUT2D eigenvalue weighted by molar-refractivity contribution is 6.69. The summed E-state index contributed by atoms with van der Waals surface area (Å²) >= 11 is 5.43. The van der Waals surface area contributed by atoms with Gasteiger partial charge in [0.15, 0.2) is 5.17 Å². The van der Waals surface area contributed by atoms with Crippen LogP contribution in [0.2, 0.25) is 0 Å². The number of rotatable bonds is 1. The van der Waals surface area contributed by atoms with Crippen molar-refractivity contribution in [2.75, 3.05) is 0 Å². The molecule has 1 rings (SSSR count). The van der Waals surface area contributed by atoms with Gasteiger partial charge in [0.1, 0.15) is 5.69 Å². The van der Waals surface area contributed by atoms with Gasteiger partial charge in [0.2, 0.25) is 0 Å². The third-order valence-electron chi connectivity index (χ3n) is 1.00. The Balaban J connectivity index is 2.95. The normalized spacial score (nSPS) is 12.0. The van der Waals surface area contributed by atoms with Crippen molar-refractivity contribution in [1.82, 2.24) is 9.55 Å². The lowest BCUT2D eigenvalue weighted by Crippen LogP contribution is -1.89. The molecule has 0 saturated heterocycles. The van der Waals surface area contributed by atoms with Gasteiger partial charge in [0.05, 0.1) is 6.33 Å². The van der Waals surface area contributed by atoms with Crippen molar-refractivity contribution in [3.8, 4) is 0 Å². The third kappa shape index (κ3) is 1.27. The monoisotopic (exact) mass is 159 g/mol. The minimum atomic E-state index is 0.000556. The summed E-state index contributed by atoms with van der Waals surface area (Å²) in [5.74, 6) is 0. The number of imidazole rings is 1. The van der Waals surface area contributed by atoms with Gasteiger partial charge in [-0.25, -0.2) is 4.98 Å². The van der Waals surface area contributed by atoms with Gasteiger partial charge in [-0.05, 0) is 0 Å². The van der Waals surface area contributed by atoms with E-state index in [0.717, 1.165) is 0 Å². The molecule has 0 aliphatic heterocycles. The number of hydrogen-bond acceptors (Lipinski definition) is 3. The maximum absolute atomic E-state index is 8.20. The molecule has 0 aliphatic carbocycles. The molecular formula is C5H6ClN3O. The number of halogens is 1. The Kier molecular flexibility index (Phi) is 1.91. The average Bonchev–Trinajstić information content (AvgIpc) is 2.34. The molecule has 54 valence electrons. The van der Waals surface area contributed by atoms with Crippen LogP contribution in [0, 0.1) is 0 Å². The number of aromatic nitrogens is 2. The molecule has 0 fully saturated rings. The van der Waals surface area contributed by atoms with Crippen molar-refractivity contribution in [1.29, 1.82) is 0 Å². The van der Waals surface area contributed by atoms with Crippen LogP contribution < -0.4 is 0 Å². The average molecular weight is 160 g/mol. The smallest absolute Gasteiger partial charge is 0.195 e. The summed E-state index contributed by atoms with van der Waals surface area (Å²) in [6.45, 7) is 0. The maximum atomic E-state index is 8.20. The van der Waals surface area contributed by atoms with E-state index in [1.807, 2.05) is 0 Å². The zero-order chi connectivity index (χ0) is 7.56. The fraction of sp³-hybridized carbons (Fsp3) is 0.200. The first kappa shape index (κ1) is 7.08. The van der Waals surface area contributed by atoms with Crippen molar-refractivity contribution < 1.29 is 5.21 Å². The van der Waals surface area contributed by atoms with E-state index >= 15 is 0 Å². The van der Waals surface area contributed by atoms with Crippen LogP contribution in [-0.2, 0) is 7.05 Å². The molecule has 1 N–H and O–H groups in total. The van der Waals surface area contributed by atoms with Crippen LogP contribution in [-0.4, -0.2) is 19.9 Å². The summed E-state index contributed by atoms with van der Waals surface area (Å²) in [5.41, 5.74) is 0.465. The van der Waals surface area contributed by atoms with Crippen LogP contribution in [0.25, 0.3) is 0 Å². The van der Waals surface area contributed by atoms with Gasteiger partial charge in [0.25, 0.3) is 0 Å². The molecule has 5 heteroatoms. The first-order chi connectivity index (χ1) is 4.74. The van der Waals surface area contributed by atoms with Gasteiger partial charge >= 0.3 is 0 Å². The summed E-state index contributed by atoms with van der Waals surface area (Å²) in [4.78, 5) is 3.83. The van der Waals surface area contributed by atoms with Crippen molar-refractivity contribution in [3.63, 3.8) is 0 Å². The molecule has 10 heavy (non-hydrogen) atoms. The molecule has 0 radical (unpaired) electrons. The largest absolute Gasteiger partial charge is 0.410 e. The summed E-state index contributed by atoms with van der Waals surface area (Å²) in [6.07, 6.45) is 3.23. The minimum absolute atomic E-state index is 0.000556. The van der Waals surface area contributed by atoms with Gasteiger partial charge in [-0.3, -0.25) is 0 Å². The third-order valence-corrected chi connectivity index (χ3v) is 1.27. The highest BCUT2D eigenvalue weighted by Gasteiger charge is 2.01. The van der Waals surface area contributed by atoms with E-state index in [0.29, 0.717) is 5.69 Å². The molecule has 1 aromatic rings. The molecule has 0 aromatic carbocycles. The molecule has 0 saturated carbocycles. The Bertz CT molecular complexity index is 255. The molecule has 1 aromatic heterocycles. The lowest BCUT2D eigenvalue weighted by molar-refractivity contribution is 0.320. The Labute approximate surface area is 62.7 Å². The summed E-state index contributed by atoms with van der Waals surface area (Å²) in [6, 6.07) is 0. The Hall–Kier alpha value is -1.03. The molecule has 4 nitrogen and oxygen atoms in total. The number of hydrogen-bond donors (Lipinski definition) is 1. The topological polar surface area (TPSA) is 50.4 Å². The molecule has 0 unspecified atom stereocenters. The number of aryl methyl sites for hydroxylation is 1. The SMILES string of the molecule is Cn1cnc(C(Cl)=NO)c1. The van der Waals surface area contributed by atoms with Crippen LogP contribution in [0.5, 0.6) is 0 Å². The van der Waals surface area contributed by atoms with Crippen LogP contribution in [0.3, 0.4) is 0 Å². The Morgan fingerprint density at radius 1 is 1.90 bits per heavy atom. The van der Waals surface area contributed by atoms with Gasteiger partial charge in [-0.1, -0.05) is 16.8 Å². The number of nitrogens with zero attached hydrogens (tertiary/aromatic N) is 3. The van der Waals surface area contributed by atoms with Gasteiger partial charge in [-0.15, -0.1) is 0 Å². The second-order valence-corrected chi connectivity index (χ2v) is 2.17. The maximum Gasteiger partial charge on any atom is 0.195 e. The van der Waals surface area contributed by atoms with E-state index in [9.17, 15) is 0 Å². The van der Waals surface area contributed by atoms with E-state index in [2.05, 4.69) is 10.1 Å². The zero-order valence-electron chi connectivity index (χ0n) is 5.32. The second kappa shape index (κ2) is 2.70. The predicted octanol–water partition coefficient (Wildman–Crippen LogP) is 0.795. The van der Waals surface area contributed by atoms with E-state index in [1.54, 1.807) is 24.1 Å². The van der Waals surface area contributed by atoms with E-state index in [4.69, 9.17) is 16.8 Å². The van der Waals surface area contributed by atoms with Gasteiger partial charge in [0, 0.05) is 13.2 Å². The highest BCUT2D eigenvalue weighted by Crippen LogP contribution is 1.99. The van der Waals surface area contributed by atoms with Crippen LogP contribution in [0.15, 0.2) is 17.7 Å². The second-order valence-electron chi connectivity index (χ2n) is 1.82. The van der Waals surface area contributed by atoms with Crippen molar-refractivity contribution in [2.45, 2.75) is 0 Å². The molecule has 0 aliphatic rings. The Morgan fingerprint density at radius 2 is 2.60 bits per heavy atom. The van der Waals surface area contributed by atoms with Crippen LogP contribution >= 0.6 is 11.6 Å². The van der Waals surface area contributed by atoms with E-state index in [1.165, 1.54) is 0 Å². The zero-order valence-corrected chi connectivity index (χ0v) is 6.08.